The number of carbonyl (C=O) groups excluding carboxylic acids is 1. The minimum Gasteiger partial charge on any atom is -0.394 e. The molecule has 0 aromatic rings. The lowest BCUT2D eigenvalue weighted by Gasteiger charge is -2.35. The van der Waals surface area contributed by atoms with Crippen molar-refractivity contribution >= 4 is 5.91 Å². The summed E-state index contributed by atoms with van der Waals surface area (Å²) in [6.07, 6.45) is 1.01. The van der Waals surface area contributed by atoms with Gasteiger partial charge >= 0.3 is 0 Å². The third-order valence-corrected chi connectivity index (χ3v) is 4.41. The van der Waals surface area contributed by atoms with Crippen LogP contribution in [0.4, 0.5) is 0 Å². The molecule has 3 unspecified atom stereocenters. The first-order valence-corrected chi connectivity index (χ1v) is 7.01. The van der Waals surface area contributed by atoms with Gasteiger partial charge in [-0.25, -0.2) is 0 Å². The summed E-state index contributed by atoms with van der Waals surface area (Å²) in [5.74, 6) is 0.592. The summed E-state index contributed by atoms with van der Waals surface area (Å²) in [6.45, 7) is 8.76. The van der Waals surface area contributed by atoms with E-state index >= 15 is 0 Å². The molecule has 3 atom stereocenters. The van der Waals surface area contributed by atoms with Gasteiger partial charge in [0.05, 0.1) is 18.7 Å². The van der Waals surface area contributed by atoms with Gasteiger partial charge in [-0.3, -0.25) is 9.69 Å². The second kappa shape index (κ2) is 5.99. The van der Waals surface area contributed by atoms with Gasteiger partial charge in [-0.1, -0.05) is 6.92 Å². The minimum atomic E-state index is -0.0635. The summed E-state index contributed by atoms with van der Waals surface area (Å²) in [5.41, 5.74) is 0. The number of aliphatic hydroxyl groups is 1. The van der Waals surface area contributed by atoms with Gasteiger partial charge in [0.15, 0.2) is 0 Å². The molecule has 2 fully saturated rings. The number of hydrogen-bond donors (Lipinski definition) is 2. The van der Waals surface area contributed by atoms with Crippen molar-refractivity contribution in [2.24, 2.45) is 5.92 Å². The third kappa shape index (κ3) is 2.68. The molecule has 0 bridgehead atoms. The molecule has 0 aromatic heterocycles. The maximum absolute atomic E-state index is 12.5. The van der Waals surface area contributed by atoms with Crippen molar-refractivity contribution in [2.45, 2.75) is 32.4 Å². The van der Waals surface area contributed by atoms with Crippen molar-refractivity contribution in [2.75, 3.05) is 39.3 Å². The summed E-state index contributed by atoms with van der Waals surface area (Å²) in [7, 11) is 0. The van der Waals surface area contributed by atoms with Crippen LogP contribution in [0.2, 0.25) is 0 Å². The Morgan fingerprint density at radius 2 is 2.06 bits per heavy atom. The molecule has 0 saturated carbocycles. The molecule has 2 rings (SSSR count). The number of amides is 1. The molecule has 104 valence electrons. The highest BCUT2D eigenvalue weighted by Gasteiger charge is 2.37. The predicted molar refractivity (Wildman–Crippen MR) is 70.3 cm³/mol. The number of nitrogens with one attached hydrogen (secondary N) is 1. The number of rotatable bonds is 3. The van der Waals surface area contributed by atoms with Crippen LogP contribution < -0.4 is 5.32 Å². The molecule has 18 heavy (non-hydrogen) atoms. The van der Waals surface area contributed by atoms with Crippen molar-refractivity contribution in [3.8, 4) is 0 Å². The SMILES string of the molecule is CC1CCN(C(=O)C(C)N2CCNCC2)C1CO. The smallest absolute Gasteiger partial charge is 0.239 e. The normalized spacial score (nSPS) is 31.6. The average Bonchev–Trinajstić information content (AvgIpc) is 2.79. The molecule has 2 aliphatic heterocycles. The van der Waals surface area contributed by atoms with E-state index in [1.807, 2.05) is 11.8 Å². The largest absolute Gasteiger partial charge is 0.394 e. The quantitative estimate of drug-likeness (QED) is 0.714. The van der Waals surface area contributed by atoms with Crippen LogP contribution in [-0.4, -0.2) is 72.2 Å². The van der Waals surface area contributed by atoms with E-state index in [9.17, 15) is 9.90 Å². The maximum Gasteiger partial charge on any atom is 0.239 e. The standard InChI is InChI=1S/C13H25N3O2/c1-10-3-6-16(12(10)9-17)13(18)11(2)15-7-4-14-5-8-15/h10-12,14,17H,3-9H2,1-2H3. The number of carbonyl (C=O) groups is 1. The zero-order valence-electron chi connectivity index (χ0n) is 11.4. The minimum absolute atomic E-state index is 0.0165. The Morgan fingerprint density at radius 3 is 2.67 bits per heavy atom. The molecule has 5 heteroatoms. The van der Waals surface area contributed by atoms with E-state index in [2.05, 4.69) is 17.1 Å². The van der Waals surface area contributed by atoms with Crippen molar-refractivity contribution < 1.29 is 9.90 Å². The highest BCUT2D eigenvalue weighted by Crippen LogP contribution is 2.24. The first kappa shape index (κ1) is 13.8. The molecular formula is C13H25N3O2. The van der Waals surface area contributed by atoms with E-state index < -0.39 is 0 Å². The molecule has 2 aliphatic rings. The van der Waals surface area contributed by atoms with Crippen molar-refractivity contribution in [3.05, 3.63) is 0 Å². The van der Waals surface area contributed by atoms with Gasteiger partial charge in [0.1, 0.15) is 0 Å². The van der Waals surface area contributed by atoms with Gasteiger partial charge in [-0.2, -0.15) is 0 Å². The lowest BCUT2D eigenvalue weighted by molar-refractivity contribution is -0.138. The molecule has 2 saturated heterocycles. The van der Waals surface area contributed by atoms with Crippen LogP contribution in [-0.2, 0) is 4.79 Å². The second-order valence-corrected chi connectivity index (χ2v) is 5.51. The van der Waals surface area contributed by atoms with Crippen LogP contribution in [0.3, 0.4) is 0 Å². The van der Waals surface area contributed by atoms with Crippen molar-refractivity contribution in [1.82, 2.24) is 15.1 Å². The Hall–Kier alpha value is -0.650. The van der Waals surface area contributed by atoms with Gasteiger partial charge in [0.25, 0.3) is 0 Å². The molecule has 0 aromatic carbocycles. The highest BCUT2D eigenvalue weighted by atomic mass is 16.3. The van der Waals surface area contributed by atoms with E-state index in [4.69, 9.17) is 0 Å². The molecule has 0 aliphatic carbocycles. The van der Waals surface area contributed by atoms with Gasteiger partial charge in [0, 0.05) is 32.7 Å². The van der Waals surface area contributed by atoms with Crippen LogP contribution in [0.25, 0.3) is 0 Å². The lowest BCUT2D eigenvalue weighted by atomic mass is 10.0. The Bertz CT molecular complexity index is 292. The Morgan fingerprint density at radius 1 is 1.39 bits per heavy atom. The maximum atomic E-state index is 12.5. The average molecular weight is 255 g/mol. The zero-order chi connectivity index (χ0) is 13.1. The van der Waals surface area contributed by atoms with Gasteiger partial charge in [-0.15, -0.1) is 0 Å². The summed E-state index contributed by atoms with van der Waals surface area (Å²) < 4.78 is 0. The third-order valence-electron chi connectivity index (χ3n) is 4.41. The molecule has 2 heterocycles. The number of nitrogens with zero attached hydrogens (tertiary/aromatic N) is 2. The van der Waals surface area contributed by atoms with Crippen LogP contribution in [0.5, 0.6) is 0 Å². The topological polar surface area (TPSA) is 55.8 Å². The van der Waals surface area contributed by atoms with E-state index in [1.54, 1.807) is 0 Å². The molecule has 2 N–H and O–H groups in total. The zero-order valence-corrected chi connectivity index (χ0v) is 11.4. The first-order chi connectivity index (χ1) is 8.65. The van der Waals surface area contributed by atoms with Gasteiger partial charge in [0.2, 0.25) is 5.91 Å². The lowest BCUT2D eigenvalue weighted by Crippen LogP contribution is -2.54. The van der Waals surface area contributed by atoms with Gasteiger partial charge in [-0.05, 0) is 19.3 Å². The number of likely N-dealkylation sites (tertiary alicyclic amines) is 1. The fourth-order valence-corrected chi connectivity index (χ4v) is 3.03. The number of hydrogen-bond acceptors (Lipinski definition) is 4. The van der Waals surface area contributed by atoms with Crippen LogP contribution in [0.15, 0.2) is 0 Å². The van der Waals surface area contributed by atoms with Crippen molar-refractivity contribution in [1.29, 1.82) is 0 Å². The first-order valence-electron chi connectivity index (χ1n) is 7.01. The Kier molecular flexibility index (Phi) is 4.59. The molecule has 0 radical (unpaired) electrons. The van der Waals surface area contributed by atoms with Crippen molar-refractivity contribution in [3.63, 3.8) is 0 Å². The fraction of sp³-hybridized carbons (Fsp3) is 0.923. The van der Waals surface area contributed by atoms with E-state index in [-0.39, 0.29) is 24.6 Å². The Labute approximate surface area is 109 Å². The predicted octanol–water partition coefficient (Wildman–Crippen LogP) is -0.491. The van der Waals surface area contributed by atoms with E-state index in [0.29, 0.717) is 5.92 Å². The molecule has 5 nitrogen and oxygen atoms in total. The second-order valence-electron chi connectivity index (χ2n) is 5.51. The molecular weight excluding hydrogens is 230 g/mol. The van der Waals surface area contributed by atoms with Crippen LogP contribution >= 0.6 is 0 Å². The van der Waals surface area contributed by atoms with E-state index in [0.717, 1.165) is 39.1 Å². The number of piperazine rings is 1. The monoisotopic (exact) mass is 255 g/mol. The van der Waals surface area contributed by atoms with Crippen LogP contribution in [0, 0.1) is 5.92 Å². The summed E-state index contributed by atoms with van der Waals surface area (Å²) in [4.78, 5) is 16.6. The summed E-state index contributed by atoms with van der Waals surface area (Å²) in [5, 5.41) is 12.7. The van der Waals surface area contributed by atoms with E-state index in [1.165, 1.54) is 0 Å². The van der Waals surface area contributed by atoms with Gasteiger partial charge < -0.3 is 15.3 Å². The Balaban J connectivity index is 1.97. The number of aliphatic hydroxyl groups excluding tert-OH is 1. The fourth-order valence-electron chi connectivity index (χ4n) is 3.03. The molecule has 0 spiro atoms. The molecule has 1 amide bonds. The summed E-state index contributed by atoms with van der Waals surface area (Å²) >= 11 is 0. The summed E-state index contributed by atoms with van der Waals surface area (Å²) in [6, 6.07) is -0.0469. The highest BCUT2D eigenvalue weighted by molar-refractivity contribution is 5.82. The van der Waals surface area contributed by atoms with Crippen LogP contribution in [0.1, 0.15) is 20.3 Å².